The van der Waals surface area contributed by atoms with Crippen LogP contribution in [0.1, 0.15) is 10.4 Å². The van der Waals surface area contributed by atoms with Gasteiger partial charge in [-0.25, -0.2) is 4.98 Å². The summed E-state index contributed by atoms with van der Waals surface area (Å²) in [6.45, 7) is 2.11. The van der Waals surface area contributed by atoms with Crippen LogP contribution in [0.15, 0.2) is 36.5 Å². The molecule has 1 aromatic heterocycles. The van der Waals surface area contributed by atoms with Crippen molar-refractivity contribution >= 4 is 40.4 Å². The number of ether oxygens (including phenoxy) is 1. The Morgan fingerprint density at radius 2 is 2.07 bits per heavy atom. The Labute approximate surface area is 165 Å². The molecule has 1 amide bonds. The van der Waals surface area contributed by atoms with Gasteiger partial charge < -0.3 is 20.1 Å². The number of nitrogens with zero attached hydrogens (tertiary/aromatic N) is 3. The van der Waals surface area contributed by atoms with E-state index in [1.165, 1.54) is 24.4 Å². The molecule has 1 aromatic carbocycles. The number of non-ortho nitro benzene ring substituents is 1. The molecule has 0 aliphatic carbocycles. The molecule has 1 aliphatic rings. The third-order valence-corrected chi connectivity index (χ3v) is 4.24. The van der Waals surface area contributed by atoms with Crippen molar-refractivity contribution in [2.24, 2.45) is 0 Å². The van der Waals surface area contributed by atoms with Gasteiger partial charge in [0.25, 0.3) is 11.6 Å². The molecule has 0 radical (unpaired) electrons. The maximum Gasteiger partial charge on any atom is 0.270 e. The lowest BCUT2D eigenvalue weighted by molar-refractivity contribution is -0.384. The molecule has 1 fully saturated rings. The number of rotatable bonds is 4. The summed E-state index contributed by atoms with van der Waals surface area (Å²) >= 11 is 5.09. The predicted molar refractivity (Wildman–Crippen MR) is 106 cm³/mol. The zero-order valence-corrected chi connectivity index (χ0v) is 15.4. The van der Waals surface area contributed by atoms with Crippen LogP contribution in [0.25, 0.3) is 0 Å². The van der Waals surface area contributed by atoms with Gasteiger partial charge in [0.1, 0.15) is 0 Å². The second kappa shape index (κ2) is 8.59. The number of thiocarbonyl (C=S) groups is 1. The molecule has 11 heteroatoms. The second-order valence-electron chi connectivity index (χ2n) is 5.84. The average Bonchev–Trinajstić information content (AvgIpc) is 2.70. The van der Waals surface area contributed by atoms with Crippen LogP contribution in [0, 0.1) is 10.1 Å². The van der Waals surface area contributed by atoms with E-state index in [1.807, 2.05) is 4.90 Å². The van der Waals surface area contributed by atoms with Crippen LogP contribution in [0.5, 0.6) is 5.75 Å². The number of morpholine rings is 1. The highest BCUT2D eigenvalue weighted by molar-refractivity contribution is 7.80. The van der Waals surface area contributed by atoms with E-state index in [2.05, 4.69) is 15.6 Å². The van der Waals surface area contributed by atoms with E-state index in [0.717, 1.165) is 0 Å². The molecule has 1 aliphatic heterocycles. The topological polar surface area (TPSA) is 130 Å². The van der Waals surface area contributed by atoms with Gasteiger partial charge in [-0.15, -0.1) is 0 Å². The molecule has 1 saturated heterocycles. The summed E-state index contributed by atoms with van der Waals surface area (Å²) in [5, 5.41) is 25.8. The van der Waals surface area contributed by atoms with Gasteiger partial charge in [0.2, 0.25) is 0 Å². The molecule has 10 nitrogen and oxygen atoms in total. The van der Waals surface area contributed by atoms with Crippen molar-refractivity contribution in [1.29, 1.82) is 0 Å². The largest absolute Gasteiger partial charge is 0.504 e. The Hall–Kier alpha value is -3.31. The van der Waals surface area contributed by atoms with Crippen molar-refractivity contribution in [1.82, 2.24) is 10.3 Å². The predicted octanol–water partition coefficient (Wildman–Crippen LogP) is 1.66. The molecule has 0 saturated carbocycles. The molecule has 3 N–H and O–H groups in total. The number of pyridine rings is 1. The van der Waals surface area contributed by atoms with Crippen molar-refractivity contribution in [2.75, 3.05) is 36.5 Å². The lowest BCUT2D eigenvalue weighted by Gasteiger charge is -2.30. The second-order valence-corrected chi connectivity index (χ2v) is 6.25. The van der Waals surface area contributed by atoms with Gasteiger partial charge in [-0.3, -0.25) is 20.2 Å². The van der Waals surface area contributed by atoms with Crippen molar-refractivity contribution in [3.63, 3.8) is 0 Å². The lowest BCUT2D eigenvalue weighted by atomic mass is 10.1. The van der Waals surface area contributed by atoms with Gasteiger partial charge in [0.15, 0.2) is 16.7 Å². The third kappa shape index (κ3) is 4.50. The molecule has 0 atom stereocenters. The maximum absolute atomic E-state index is 12.8. The molecular formula is C17H17N5O5S. The smallest absolute Gasteiger partial charge is 0.270 e. The zero-order chi connectivity index (χ0) is 20.1. The summed E-state index contributed by atoms with van der Waals surface area (Å²) in [5.74, 6) is -0.665. The number of aromatic nitrogens is 1. The Balaban J connectivity index is 1.82. The fourth-order valence-electron chi connectivity index (χ4n) is 2.70. The van der Waals surface area contributed by atoms with Gasteiger partial charge in [0, 0.05) is 31.4 Å². The highest BCUT2D eigenvalue weighted by Crippen LogP contribution is 2.26. The number of nitrogens with one attached hydrogen (secondary N) is 2. The number of aromatic hydroxyl groups is 1. The number of carbonyl (C=O) groups excluding carboxylic acids is 1. The van der Waals surface area contributed by atoms with E-state index in [4.69, 9.17) is 17.0 Å². The van der Waals surface area contributed by atoms with E-state index in [9.17, 15) is 20.0 Å². The van der Waals surface area contributed by atoms with E-state index in [0.29, 0.717) is 32.0 Å². The van der Waals surface area contributed by atoms with Crippen LogP contribution in [-0.4, -0.2) is 52.3 Å². The quantitative estimate of drug-likeness (QED) is 0.396. The summed E-state index contributed by atoms with van der Waals surface area (Å²) in [7, 11) is 0. The zero-order valence-electron chi connectivity index (χ0n) is 14.6. The fourth-order valence-corrected chi connectivity index (χ4v) is 2.89. The highest BCUT2D eigenvalue weighted by atomic mass is 32.1. The van der Waals surface area contributed by atoms with Crippen molar-refractivity contribution < 1.29 is 19.6 Å². The van der Waals surface area contributed by atoms with Gasteiger partial charge in [-0.1, -0.05) is 0 Å². The first kappa shape index (κ1) is 19.5. The number of carbonyl (C=O) groups is 1. The van der Waals surface area contributed by atoms with Crippen LogP contribution in [0.3, 0.4) is 0 Å². The average molecular weight is 403 g/mol. The van der Waals surface area contributed by atoms with E-state index in [-0.39, 0.29) is 27.9 Å². The van der Waals surface area contributed by atoms with Gasteiger partial charge in [-0.2, -0.15) is 0 Å². The molecule has 2 aromatic rings. The lowest BCUT2D eigenvalue weighted by Crippen LogP contribution is -2.39. The van der Waals surface area contributed by atoms with Crippen molar-refractivity contribution in [2.45, 2.75) is 0 Å². The number of hydrogen-bond acceptors (Lipinski definition) is 8. The van der Waals surface area contributed by atoms with Crippen LogP contribution in [0.4, 0.5) is 17.2 Å². The maximum atomic E-state index is 12.8. The number of anilines is 2. The summed E-state index contributed by atoms with van der Waals surface area (Å²) in [4.78, 5) is 29.2. The van der Waals surface area contributed by atoms with Crippen LogP contribution < -0.4 is 15.5 Å². The minimum absolute atomic E-state index is 0.0836. The van der Waals surface area contributed by atoms with E-state index >= 15 is 0 Å². The Kier molecular flexibility index (Phi) is 5.96. The third-order valence-electron chi connectivity index (χ3n) is 4.03. The number of nitro groups is 1. The molecule has 0 bridgehead atoms. The summed E-state index contributed by atoms with van der Waals surface area (Å²) in [6.07, 6.45) is 1.45. The molecule has 28 heavy (non-hydrogen) atoms. The first-order valence-electron chi connectivity index (χ1n) is 8.33. The minimum Gasteiger partial charge on any atom is -0.504 e. The van der Waals surface area contributed by atoms with Gasteiger partial charge in [-0.05, 0) is 30.4 Å². The molecular weight excluding hydrogens is 386 g/mol. The highest BCUT2D eigenvalue weighted by Gasteiger charge is 2.22. The first-order chi connectivity index (χ1) is 13.5. The summed E-state index contributed by atoms with van der Waals surface area (Å²) in [5.41, 5.74) is 0.462. The van der Waals surface area contributed by atoms with Crippen LogP contribution >= 0.6 is 12.2 Å². The molecule has 0 unspecified atom stereocenters. The monoisotopic (exact) mass is 403 g/mol. The van der Waals surface area contributed by atoms with Crippen molar-refractivity contribution in [3.05, 3.63) is 52.2 Å². The first-order valence-corrected chi connectivity index (χ1v) is 8.74. The summed E-state index contributed by atoms with van der Waals surface area (Å²) < 4.78 is 5.31. The number of amides is 1. The van der Waals surface area contributed by atoms with Gasteiger partial charge in [0.05, 0.1) is 29.4 Å². The Morgan fingerprint density at radius 3 is 2.75 bits per heavy atom. The number of nitro benzene ring substituents is 1. The molecule has 0 spiro atoms. The van der Waals surface area contributed by atoms with Crippen LogP contribution in [0.2, 0.25) is 0 Å². The SMILES string of the molecule is O=C(NC(=S)Nc1ncccc1O)c1cc([N+](=O)[O-])ccc1N1CCOCC1. The minimum atomic E-state index is -0.613. The molecule has 146 valence electrons. The Morgan fingerprint density at radius 1 is 1.32 bits per heavy atom. The Bertz CT molecular complexity index is 917. The normalized spacial score (nSPS) is 13.6. The van der Waals surface area contributed by atoms with Crippen molar-refractivity contribution in [3.8, 4) is 5.75 Å². The van der Waals surface area contributed by atoms with Crippen LogP contribution in [-0.2, 0) is 4.74 Å². The molecule has 2 heterocycles. The standard InChI is InChI=1S/C17H17N5O5S/c23-14-2-1-5-18-15(14)19-17(28)20-16(24)12-10-11(22(25)26)3-4-13(12)21-6-8-27-9-7-21/h1-5,10,23H,6-9H2,(H2,18,19,20,24,28). The number of benzene rings is 1. The molecule has 3 rings (SSSR count). The fraction of sp³-hybridized carbons (Fsp3) is 0.235. The summed E-state index contributed by atoms with van der Waals surface area (Å²) in [6, 6.07) is 7.06. The van der Waals surface area contributed by atoms with Gasteiger partial charge >= 0.3 is 0 Å². The van der Waals surface area contributed by atoms with E-state index in [1.54, 1.807) is 12.1 Å². The number of hydrogen-bond donors (Lipinski definition) is 3. The van der Waals surface area contributed by atoms with E-state index < -0.39 is 10.8 Å².